The van der Waals surface area contributed by atoms with Crippen LogP contribution < -0.4 is 9.47 Å². The van der Waals surface area contributed by atoms with Gasteiger partial charge in [-0.05, 0) is 75.8 Å². The van der Waals surface area contributed by atoms with Crippen molar-refractivity contribution in [3.8, 4) is 11.5 Å². The minimum Gasteiger partial charge on any atom is -0.496 e. The summed E-state index contributed by atoms with van der Waals surface area (Å²) >= 11 is 6.87. The zero-order valence-electron chi connectivity index (χ0n) is 21.0. The Kier molecular flexibility index (Phi) is 6.25. The third-order valence-corrected chi connectivity index (χ3v) is 8.27. The Bertz CT molecular complexity index is 928. The van der Waals surface area contributed by atoms with Crippen molar-refractivity contribution in [1.82, 2.24) is 0 Å². The van der Waals surface area contributed by atoms with Crippen molar-refractivity contribution in [1.29, 1.82) is 0 Å². The maximum absolute atomic E-state index is 13.0. The number of ether oxygens (including phenoxy) is 3. The summed E-state index contributed by atoms with van der Waals surface area (Å²) in [6, 6.07) is 3.61. The summed E-state index contributed by atoms with van der Waals surface area (Å²) in [7, 11) is 2.53. The molecule has 1 saturated heterocycles. The number of carbonyl (C=O) groups excluding carboxylic acids is 1. The molecule has 1 unspecified atom stereocenters. The van der Waals surface area contributed by atoms with Crippen molar-refractivity contribution in [3.63, 3.8) is 0 Å². The van der Waals surface area contributed by atoms with E-state index in [0.717, 1.165) is 12.0 Å². The zero-order chi connectivity index (χ0) is 24.3. The standard InChI is InChI=1S/C25H36BClO6/c1-23(2,3)31-22(28)20-16(29-7)10-9-14(21(20)30-8)11-19(27)26-32-18-13-15-12-17(24(15,4)5)25(18,6)33-26/h9-10,15,17-19H,11-13H2,1-8H3/t15-,17+,18?,19-,25+/m1/s1. The largest absolute Gasteiger partial charge is 0.496 e. The number of hydrogen-bond donors (Lipinski definition) is 0. The maximum atomic E-state index is 13.0. The first-order valence-corrected chi connectivity index (χ1v) is 12.2. The lowest BCUT2D eigenvalue weighted by Gasteiger charge is -2.64. The fourth-order valence-electron chi connectivity index (χ4n) is 6.05. The van der Waals surface area contributed by atoms with Gasteiger partial charge in [-0.15, -0.1) is 11.6 Å². The fourth-order valence-corrected chi connectivity index (χ4v) is 6.33. The molecule has 8 heteroatoms. The average molecular weight is 479 g/mol. The van der Waals surface area contributed by atoms with Crippen LogP contribution in [0.5, 0.6) is 11.5 Å². The molecule has 4 fully saturated rings. The van der Waals surface area contributed by atoms with Crippen LogP contribution in [0.2, 0.25) is 0 Å². The minimum absolute atomic E-state index is 0.0654. The van der Waals surface area contributed by atoms with Crippen LogP contribution in [-0.2, 0) is 20.5 Å². The van der Waals surface area contributed by atoms with E-state index in [2.05, 4.69) is 20.8 Å². The van der Waals surface area contributed by atoms with Gasteiger partial charge < -0.3 is 23.5 Å². The lowest BCUT2D eigenvalue weighted by Crippen LogP contribution is -2.65. The second-order valence-corrected chi connectivity index (χ2v) is 12.0. The van der Waals surface area contributed by atoms with E-state index in [1.807, 2.05) is 26.8 Å². The molecule has 1 aliphatic heterocycles. The normalized spacial score (nSPS) is 30.8. The summed E-state index contributed by atoms with van der Waals surface area (Å²) < 4.78 is 29.6. The topological polar surface area (TPSA) is 63.2 Å². The van der Waals surface area contributed by atoms with E-state index in [0.29, 0.717) is 29.8 Å². The van der Waals surface area contributed by atoms with Crippen molar-refractivity contribution in [2.24, 2.45) is 17.3 Å². The first-order chi connectivity index (χ1) is 15.3. The van der Waals surface area contributed by atoms with Crippen molar-refractivity contribution in [2.75, 3.05) is 14.2 Å². The Hall–Kier alpha value is -1.44. The van der Waals surface area contributed by atoms with Gasteiger partial charge >= 0.3 is 13.1 Å². The smallest absolute Gasteiger partial charge is 0.477 e. The molecule has 5 atom stereocenters. The Balaban J connectivity index is 1.56. The number of benzene rings is 1. The number of rotatable bonds is 6. The number of hydrogen-bond acceptors (Lipinski definition) is 6. The molecule has 5 rings (SSSR count). The number of esters is 1. The highest BCUT2D eigenvalue weighted by Crippen LogP contribution is 2.65. The van der Waals surface area contributed by atoms with Crippen LogP contribution in [0.3, 0.4) is 0 Å². The van der Waals surface area contributed by atoms with Gasteiger partial charge in [-0.1, -0.05) is 19.9 Å². The lowest BCUT2D eigenvalue weighted by atomic mass is 9.43. The van der Waals surface area contributed by atoms with E-state index >= 15 is 0 Å². The molecule has 1 aromatic carbocycles. The van der Waals surface area contributed by atoms with Gasteiger partial charge in [-0.2, -0.15) is 0 Å². The van der Waals surface area contributed by atoms with Gasteiger partial charge in [-0.3, -0.25) is 0 Å². The zero-order valence-corrected chi connectivity index (χ0v) is 21.7. The summed E-state index contributed by atoms with van der Waals surface area (Å²) in [6.45, 7) is 12.3. The highest BCUT2D eigenvalue weighted by molar-refractivity contribution is 6.60. The van der Waals surface area contributed by atoms with E-state index in [1.165, 1.54) is 20.6 Å². The first kappa shape index (κ1) is 24.7. The predicted molar refractivity (Wildman–Crippen MR) is 128 cm³/mol. The molecule has 1 heterocycles. The fraction of sp³-hybridized carbons (Fsp3) is 0.720. The molecule has 33 heavy (non-hydrogen) atoms. The maximum Gasteiger partial charge on any atom is 0.477 e. The highest BCUT2D eigenvalue weighted by Gasteiger charge is 2.68. The molecule has 0 aromatic heterocycles. The van der Waals surface area contributed by atoms with Crippen molar-refractivity contribution in [2.45, 2.75) is 83.4 Å². The van der Waals surface area contributed by atoms with Crippen molar-refractivity contribution < 1.29 is 28.3 Å². The SMILES string of the molecule is COc1ccc(C[C@@H](Cl)B2OC3C[C@H]4C[C@@H](C4(C)C)[C@]3(C)O2)c(OC)c1C(=O)OC(C)(C)C. The lowest BCUT2D eigenvalue weighted by molar-refractivity contribution is -0.199. The highest BCUT2D eigenvalue weighted by atomic mass is 35.5. The molecule has 6 nitrogen and oxygen atoms in total. The Morgan fingerprint density at radius 2 is 1.91 bits per heavy atom. The third kappa shape index (κ3) is 4.15. The van der Waals surface area contributed by atoms with Crippen LogP contribution in [0.1, 0.15) is 70.3 Å². The monoisotopic (exact) mass is 478 g/mol. The average Bonchev–Trinajstić information content (AvgIpc) is 3.09. The number of carbonyl (C=O) groups is 1. The molecule has 0 spiro atoms. The van der Waals surface area contributed by atoms with Crippen LogP contribution in [0, 0.1) is 17.3 Å². The molecule has 3 aliphatic carbocycles. The van der Waals surface area contributed by atoms with E-state index in [4.69, 9.17) is 35.1 Å². The summed E-state index contributed by atoms with van der Waals surface area (Å²) in [5.74, 6) is 1.44. The predicted octanol–water partition coefficient (Wildman–Crippen LogP) is 5.08. The van der Waals surface area contributed by atoms with Gasteiger partial charge in [0.25, 0.3) is 0 Å². The molecular weight excluding hydrogens is 443 g/mol. The molecule has 0 N–H and O–H groups in total. The summed E-state index contributed by atoms with van der Waals surface area (Å²) in [6.07, 6.45) is 2.68. The van der Waals surface area contributed by atoms with E-state index in [-0.39, 0.29) is 22.7 Å². The summed E-state index contributed by atoms with van der Waals surface area (Å²) in [5.41, 5.74) is 0.335. The summed E-state index contributed by atoms with van der Waals surface area (Å²) in [5, 5.41) is -0.443. The summed E-state index contributed by atoms with van der Waals surface area (Å²) in [4.78, 5) is 13.0. The van der Waals surface area contributed by atoms with Gasteiger partial charge in [0.05, 0.1) is 31.2 Å². The van der Waals surface area contributed by atoms with Crippen LogP contribution >= 0.6 is 11.6 Å². The van der Waals surface area contributed by atoms with Gasteiger partial charge in [-0.25, -0.2) is 4.79 Å². The second-order valence-electron chi connectivity index (χ2n) is 11.4. The Morgan fingerprint density at radius 3 is 2.48 bits per heavy atom. The third-order valence-electron chi connectivity index (χ3n) is 7.91. The Morgan fingerprint density at radius 1 is 1.21 bits per heavy atom. The molecule has 0 amide bonds. The molecule has 2 bridgehead atoms. The molecular formula is C25H36BClO6. The van der Waals surface area contributed by atoms with Crippen LogP contribution in [0.25, 0.3) is 0 Å². The van der Waals surface area contributed by atoms with Gasteiger partial charge in [0.2, 0.25) is 0 Å². The number of alkyl halides is 1. The second kappa shape index (κ2) is 8.35. The number of methoxy groups -OCH3 is 2. The first-order valence-electron chi connectivity index (χ1n) is 11.8. The van der Waals surface area contributed by atoms with E-state index in [9.17, 15) is 4.79 Å². The Labute approximate surface area is 202 Å². The molecule has 0 radical (unpaired) electrons. The van der Waals surface area contributed by atoms with Gasteiger partial charge in [0.15, 0.2) is 0 Å². The van der Waals surface area contributed by atoms with Crippen LogP contribution in [0.4, 0.5) is 0 Å². The quantitative estimate of drug-likeness (QED) is 0.323. The van der Waals surface area contributed by atoms with Gasteiger partial charge in [0.1, 0.15) is 22.7 Å². The van der Waals surface area contributed by atoms with Crippen LogP contribution in [-0.4, -0.2) is 49.9 Å². The van der Waals surface area contributed by atoms with E-state index in [1.54, 1.807) is 6.07 Å². The van der Waals surface area contributed by atoms with Crippen molar-refractivity contribution in [3.05, 3.63) is 23.3 Å². The van der Waals surface area contributed by atoms with Crippen molar-refractivity contribution >= 4 is 24.7 Å². The van der Waals surface area contributed by atoms with Crippen LogP contribution in [0.15, 0.2) is 12.1 Å². The molecule has 1 aromatic rings. The van der Waals surface area contributed by atoms with E-state index < -0.39 is 24.0 Å². The molecule has 182 valence electrons. The minimum atomic E-state index is -0.649. The number of halogens is 1. The molecule has 4 aliphatic rings. The van der Waals surface area contributed by atoms with Gasteiger partial charge in [0, 0.05) is 0 Å². The molecule has 3 saturated carbocycles.